The van der Waals surface area contributed by atoms with E-state index < -0.39 is 8.32 Å². The molecule has 1 aliphatic carbocycles. The molecule has 1 amide bonds. The summed E-state index contributed by atoms with van der Waals surface area (Å²) in [6.45, 7) is 11.2. The van der Waals surface area contributed by atoms with Crippen LogP contribution < -0.4 is 9.74 Å². The van der Waals surface area contributed by atoms with Gasteiger partial charge in [0.15, 0.2) is 4.96 Å². The van der Waals surface area contributed by atoms with E-state index in [0.717, 1.165) is 33.0 Å². The van der Waals surface area contributed by atoms with Crippen molar-refractivity contribution in [1.29, 1.82) is 0 Å². The number of rotatable bonds is 7. The zero-order chi connectivity index (χ0) is 24.7. The third-order valence-corrected chi connectivity index (χ3v) is 12.2. The van der Waals surface area contributed by atoms with Crippen LogP contribution in [-0.2, 0) is 20.7 Å². The van der Waals surface area contributed by atoms with Gasteiger partial charge in [0.25, 0.3) is 0 Å². The fourth-order valence-electron chi connectivity index (χ4n) is 3.86. The maximum atomic E-state index is 12.5. The molecular weight excluding hydrogens is 466 g/mol. The molecule has 7 nitrogen and oxygen atoms in total. The van der Waals surface area contributed by atoms with E-state index in [9.17, 15) is 9.59 Å². The van der Waals surface area contributed by atoms with Crippen molar-refractivity contribution in [2.24, 2.45) is 0 Å². The lowest BCUT2D eigenvalue weighted by Crippen LogP contribution is -2.43. The fourth-order valence-corrected chi connectivity index (χ4v) is 5.94. The molecule has 0 bridgehead atoms. The van der Waals surface area contributed by atoms with Crippen LogP contribution in [0.4, 0.5) is 0 Å². The van der Waals surface area contributed by atoms with E-state index >= 15 is 0 Å². The topological polar surface area (TPSA) is 81.9 Å². The number of thiazole rings is 1. The van der Waals surface area contributed by atoms with E-state index in [4.69, 9.17) is 14.1 Å². The Morgan fingerprint density at radius 1 is 1.24 bits per heavy atom. The molecule has 0 fully saturated rings. The Morgan fingerprint density at radius 2 is 2.00 bits per heavy atom. The number of aryl methyl sites for hydroxylation is 1. The lowest BCUT2D eigenvalue weighted by atomic mass is 10.2. The third kappa shape index (κ3) is 4.90. The SMILES string of the molecule is COC(=O)C1=C(NC(=O)CCc2cn3c(n2)sc2cc(O[Si](C)(C)C(C)(C)C)ccc23)CCC1. The highest BCUT2D eigenvalue weighted by atomic mass is 32.1. The van der Waals surface area contributed by atoms with Crippen molar-refractivity contribution >= 4 is 46.7 Å². The van der Waals surface area contributed by atoms with Crippen LogP contribution in [0.2, 0.25) is 18.1 Å². The molecule has 9 heteroatoms. The number of hydrogen-bond donors (Lipinski definition) is 1. The van der Waals surface area contributed by atoms with Crippen molar-refractivity contribution in [2.45, 2.75) is 71.0 Å². The summed E-state index contributed by atoms with van der Waals surface area (Å²) >= 11 is 1.62. The number of carbonyl (C=O) groups excluding carboxylic acids is 2. The van der Waals surface area contributed by atoms with Crippen LogP contribution in [-0.4, -0.2) is 36.7 Å². The Bertz CT molecular complexity index is 1280. The lowest BCUT2D eigenvalue weighted by molar-refractivity contribution is -0.136. The first kappa shape index (κ1) is 24.5. The molecule has 2 aromatic heterocycles. The number of nitrogens with zero attached hydrogens (tertiary/aromatic N) is 2. The molecule has 1 N–H and O–H groups in total. The number of allylic oxidation sites excluding steroid dienone is 1. The van der Waals surface area contributed by atoms with Gasteiger partial charge in [-0.3, -0.25) is 9.20 Å². The van der Waals surface area contributed by atoms with Gasteiger partial charge in [-0.1, -0.05) is 32.1 Å². The van der Waals surface area contributed by atoms with Gasteiger partial charge in [-0.2, -0.15) is 0 Å². The number of ether oxygens (including phenoxy) is 1. The summed E-state index contributed by atoms with van der Waals surface area (Å²) in [6.07, 6.45) is 5.05. The molecule has 1 aliphatic rings. The van der Waals surface area contributed by atoms with Crippen LogP contribution in [0, 0.1) is 0 Å². The maximum absolute atomic E-state index is 12.5. The maximum Gasteiger partial charge on any atom is 0.335 e. The summed E-state index contributed by atoms with van der Waals surface area (Å²) in [5.74, 6) is 0.451. The second kappa shape index (κ2) is 9.18. The second-order valence-corrected chi connectivity index (χ2v) is 16.1. The van der Waals surface area contributed by atoms with E-state index in [0.29, 0.717) is 37.0 Å². The monoisotopic (exact) mass is 499 g/mol. The Balaban J connectivity index is 1.44. The molecule has 4 rings (SSSR count). The number of esters is 1. The zero-order valence-electron chi connectivity index (χ0n) is 20.8. The molecule has 0 saturated carbocycles. The largest absolute Gasteiger partial charge is 0.543 e. The summed E-state index contributed by atoms with van der Waals surface area (Å²) in [6, 6.07) is 6.23. The molecule has 0 spiro atoms. The van der Waals surface area contributed by atoms with Crippen LogP contribution >= 0.6 is 11.3 Å². The van der Waals surface area contributed by atoms with Crippen LogP contribution in [0.15, 0.2) is 35.7 Å². The van der Waals surface area contributed by atoms with E-state index in [2.05, 4.69) is 55.7 Å². The van der Waals surface area contributed by atoms with Crippen molar-refractivity contribution in [3.63, 3.8) is 0 Å². The lowest BCUT2D eigenvalue weighted by Gasteiger charge is -2.36. The summed E-state index contributed by atoms with van der Waals surface area (Å²) in [7, 11) is -0.533. The Morgan fingerprint density at radius 3 is 2.71 bits per heavy atom. The molecule has 0 saturated heterocycles. The first-order valence-corrected chi connectivity index (χ1v) is 15.4. The van der Waals surface area contributed by atoms with Crippen LogP contribution in [0.1, 0.15) is 52.1 Å². The molecule has 1 aromatic carbocycles. The van der Waals surface area contributed by atoms with E-state index in [-0.39, 0.29) is 16.9 Å². The fraction of sp³-hybridized carbons (Fsp3) is 0.480. The molecule has 0 atom stereocenters. The van der Waals surface area contributed by atoms with Gasteiger partial charge < -0.3 is 14.5 Å². The number of hydrogen-bond acceptors (Lipinski definition) is 6. The van der Waals surface area contributed by atoms with Crippen LogP contribution in [0.3, 0.4) is 0 Å². The molecular formula is C25H33N3O4SSi. The standard InChI is InChI=1S/C25H33N3O4SSi/c1-25(2,3)34(5,6)32-17-11-12-20-21(14-17)33-24-26-16(15-28(20)24)10-13-22(29)27-19-9-7-8-18(19)23(30)31-4/h11-12,14-15H,7-10,13H2,1-6H3,(H,27,29). The highest BCUT2D eigenvalue weighted by Crippen LogP contribution is 2.38. The van der Waals surface area contributed by atoms with Gasteiger partial charge in [-0.15, -0.1) is 0 Å². The van der Waals surface area contributed by atoms with Gasteiger partial charge in [0.2, 0.25) is 14.2 Å². The number of benzene rings is 1. The predicted molar refractivity (Wildman–Crippen MR) is 138 cm³/mol. The summed E-state index contributed by atoms with van der Waals surface area (Å²) in [5.41, 5.74) is 3.24. The second-order valence-electron chi connectivity index (χ2n) is 10.3. The normalized spacial score (nSPS) is 14.8. The molecule has 0 radical (unpaired) electrons. The summed E-state index contributed by atoms with van der Waals surface area (Å²) in [5, 5.41) is 3.05. The molecule has 0 unspecified atom stereocenters. The van der Waals surface area contributed by atoms with Gasteiger partial charge in [0.1, 0.15) is 5.75 Å². The molecule has 0 aliphatic heterocycles. The third-order valence-electron chi connectivity index (χ3n) is 6.84. The van der Waals surface area contributed by atoms with Crippen molar-refractivity contribution in [2.75, 3.05) is 7.11 Å². The van der Waals surface area contributed by atoms with Gasteiger partial charge in [0.05, 0.1) is 28.6 Å². The van der Waals surface area contributed by atoms with Crippen molar-refractivity contribution in [3.8, 4) is 5.75 Å². The van der Waals surface area contributed by atoms with Gasteiger partial charge in [-0.05, 0) is 55.6 Å². The number of methoxy groups -OCH3 is 1. The molecule has 34 heavy (non-hydrogen) atoms. The van der Waals surface area contributed by atoms with Gasteiger partial charge in [-0.25, -0.2) is 9.78 Å². The molecule has 2 heterocycles. The first-order valence-electron chi connectivity index (χ1n) is 11.7. The van der Waals surface area contributed by atoms with Gasteiger partial charge in [0, 0.05) is 24.7 Å². The van der Waals surface area contributed by atoms with E-state index in [1.807, 2.05) is 12.3 Å². The quantitative estimate of drug-likeness (QED) is 0.338. The Kier molecular flexibility index (Phi) is 6.61. The minimum Gasteiger partial charge on any atom is -0.543 e. The highest BCUT2D eigenvalue weighted by Gasteiger charge is 2.39. The zero-order valence-corrected chi connectivity index (χ0v) is 22.6. The summed E-state index contributed by atoms with van der Waals surface area (Å²) < 4.78 is 14.5. The van der Waals surface area contributed by atoms with Crippen molar-refractivity contribution in [3.05, 3.63) is 41.4 Å². The Hall–Kier alpha value is -2.65. The Labute approximate surface area is 205 Å². The number of aromatic nitrogens is 2. The van der Waals surface area contributed by atoms with Crippen LogP contribution in [0.5, 0.6) is 5.75 Å². The number of nitrogens with one attached hydrogen (secondary N) is 1. The number of amides is 1. The smallest absolute Gasteiger partial charge is 0.335 e. The highest BCUT2D eigenvalue weighted by molar-refractivity contribution is 7.23. The molecule has 182 valence electrons. The molecule has 3 aromatic rings. The average molecular weight is 500 g/mol. The number of carbonyl (C=O) groups is 2. The predicted octanol–water partition coefficient (Wildman–Crippen LogP) is 5.59. The summed E-state index contributed by atoms with van der Waals surface area (Å²) in [4.78, 5) is 30.0. The van der Waals surface area contributed by atoms with Crippen LogP contribution in [0.25, 0.3) is 15.2 Å². The van der Waals surface area contributed by atoms with E-state index in [1.165, 1.54) is 7.11 Å². The van der Waals surface area contributed by atoms with Crippen molar-refractivity contribution in [1.82, 2.24) is 14.7 Å². The minimum absolute atomic E-state index is 0.105. The number of fused-ring (bicyclic) bond motifs is 3. The minimum atomic E-state index is -1.90. The average Bonchev–Trinajstić information content (AvgIpc) is 3.44. The van der Waals surface area contributed by atoms with Crippen molar-refractivity contribution < 1.29 is 18.8 Å². The number of imidazole rings is 1. The van der Waals surface area contributed by atoms with E-state index in [1.54, 1.807) is 11.3 Å². The van der Waals surface area contributed by atoms with Gasteiger partial charge >= 0.3 is 5.97 Å². The first-order chi connectivity index (χ1) is 16.0.